The zero-order valence-corrected chi connectivity index (χ0v) is 12.2. The van der Waals surface area contributed by atoms with Crippen LogP contribution in [0.5, 0.6) is 0 Å². The van der Waals surface area contributed by atoms with E-state index in [-0.39, 0.29) is 12.3 Å². The van der Waals surface area contributed by atoms with Gasteiger partial charge in [0.05, 0.1) is 18.1 Å². The van der Waals surface area contributed by atoms with E-state index in [1.54, 1.807) is 24.1 Å². The van der Waals surface area contributed by atoms with Crippen LogP contribution >= 0.6 is 22.6 Å². The van der Waals surface area contributed by atoms with Gasteiger partial charge in [-0.3, -0.25) is 10.1 Å². The molecule has 1 N–H and O–H groups in total. The number of nitro groups is 1. The predicted molar refractivity (Wildman–Crippen MR) is 77.0 cm³/mol. The SMILES string of the molecule is COCCN(CCO)c1ccc(I)cc1[N+](=O)[O-]. The maximum absolute atomic E-state index is 11.0. The molecule has 7 heteroatoms. The molecule has 1 aromatic rings. The van der Waals surface area contributed by atoms with Gasteiger partial charge in [-0.25, -0.2) is 0 Å². The van der Waals surface area contributed by atoms with Crippen molar-refractivity contribution in [2.45, 2.75) is 0 Å². The van der Waals surface area contributed by atoms with Crippen LogP contribution in [0.3, 0.4) is 0 Å². The molecule has 0 saturated heterocycles. The van der Waals surface area contributed by atoms with Crippen molar-refractivity contribution < 1.29 is 14.8 Å². The van der Waals surface area contributed by atoms with Gasteiger partial charge in [0.15, 0.2) is 0 Å². The molecule has 0 unspecified atom stereocenters. The average Bonchev–Trinajstić information content (AvgIpc) is 2.34. The minimum atomic E-state index is -0.408. The third kappa shape index (κ3) is 4.07. The lowest BCUT2D eigenvalue weighted by Gasteiger charge is -2.23. The van der Waals surface area contributed by atoms with Crippen molar-refractivity contribution in [3.63, 3.8) is 0 Å². The summed E-state index contributed by atoms with van der Waals surface area (Å²) in [7, 11) is 1.57. The third-order valence-electron chi connectivity index (χ3n) is 2.41. The highest BCUT2D eigenvalue weighted by molar-refractivity contribution is 14.1. The molecule has 0 amide bonds. The first-order valence-electron chi connectivity index (χ1n) is 5.38. The van der Waals surface area contributed by atoms with E-state index in [4.69, 9.17) is 9.84 Å². The number of halogens is 1. The Hall–Kier alpha value is -0.930. The second-order valence-corrected chi connectivity index (χ2v) is 4.84. The van der Waals surface area contributed by atoms with Gasteiger partial charge >= 0.3 is 0 Å². The van der Waals surface area contributed by atoms with Crippen LogP contribution in [0.15, 0.2) is 18.2 Å². The van der Waals surface area contributed by atoms with Gasteiger partial charge in [-0.2, -0.15) is 0 Å². The molecule has 0 atom stereocenters. The quantitative estimate of drug-likeness (QED) is 0.451. The van der Waals surface area contributed by atoms with E-state index >= 15 is 0 Å². The molecule has 0 radical (unpaired) electrons. The van der Waals surface area contributed by atoms with Crippen molar-refractivity contribution in [1.82, 2.24) is 0 Å². The Bertz CT molecular complexity index is 414. The largest absolute Gasteiger partial charge is 0.395 e. The molecule has 0 aromatic heterocycles. The van der Waals surface area contributed by atoms with Gasteiger partial charge < -0.3 is 14.7 Å². The Balaban J connectivity index is 3.05. The van der Waals surface area contributed by atoms with Crippen molar-refractivity contribution in [3.8, 4) is 0 Å². The second kappa shape index (κ2) is 7.49. The average molecular weight is 366 g/mol. The minimum absolute atomic E-state index is 0.0476. The standard InChI is InChI=1S/C11H15IN2O4/c1-18-7-5-13(4-6-15)10-3-2-9(12)8-11(10)14(16)17/h2-3,8,15H,4-7H2,1H3. The maximum atomic E-state index is 11.0. The number of aliphatic hydroxyl groups excluding tert-OH is 1. The number of hydrogen-bond acceptors (Lipinski definition) is 5. The first-order valence-corrected chi connectivity index (χ1v) is 6.46. The van der Waals surface area contributed by atoms with Crippen LogP contribution in [-0.4, -0.2) is 43.4 Å². The normalized spacial score (nSPS) is 10.4. The van der Waals surface area contributed by atoms with Crippen LogP contribution in [-0.2, 0) is 4.74 Å². The zero-order valence-electron chi connectivity index (χ0n) is 10.0. The number of anilines is 1. The van der Waals surface area contributed by atoms with Crippen LogP contribution in [0.4, 0.5) is 11.4 Å². The number of nitrogens with zero attached hydrogens (tertiary/aromatic N) is 2. The third-order valence-corrected chi connectivity index (χ3v) is 3.08. The lowest BCUT2D eigenvalue weighted by molar-refractivity contribution is -0.384. The highest BCUT2D eigenvalue weighted by Crippen LogP contribution is 2.29. The van der Waals surface area contributed by atoms with Crippen LogP contribution in [0.25, 0.3) is 0 Å². The molecule has 0 saturated carbocycles. The van der Waals surface area contributed by atoms with Crippen molar-refractivity contribution in [2.24, 2.45) is 0 Å². The topological polar surface area (TPSA) is 75.8 Å². The Labute approximate surface area is 119 Å². The molecular weight excluding hydrogens is 351 g/mol. The number of hydrogen-bond donors (Lipinski definition) is 1. The molecule has 0 bridgehead atoms. The van der Waals surface area contributed by atoms with Gasteiger partial charge in [-0.15, -0.1) is 0 Å². The first kappa shape index (κ1) is 15.1. The summed E-state index contributed by atoms with van der Waals surface area (Å²) in [6.45, 7) is 1.22. The highest BCUT2D eigenvalue weighted by atomic mass is 127. The van der Waals surface area contributed by atoms with Crippen molar-refractivity contribution in [3.05, 3.63) is 31.9 Å². The Kier molecular flexibility index (Phi) is 6.30. The fraction of sp³-hybridized carbons (Fsp3) is 0.455. The number of nitro benzene ring substituents is 1. The fourth-order valence-corrected chi connectivity index (χ4v) is 2.06. The molecule has 1 rings (SSSR count). The van der Waals surface area contributed by atoms with E-state index in [0.29, 0.717) is 25.4 Å². The number of benzene rings is 1. The predicted octanol–water partition coefficient (Wildman–Crippen LogP) is 1.64. The molecule has 0 aliphatic rings. The maximum Gasteiger partial charge on any atom is 0.293 e. The monoisotopic (exact) mass is 366 g/mol. The second-order valence-electron chi connectivity index (χ2n) is 3.59. The van der Waals surface area contributed by atoms with E-state index in [2.05, 4.69) is 0 Å². The molecule has 18 heavy (non-hydrogen) atoms. The van der Waals surface area contributed by atoms with Crippen LogP contribution in [0.2, 0.25) is 0 Å². The van der Waals surface area contributed by atoms with E-state index < -0.39 is 4.92 Å². The van der Waals surface area contributed by atoms with Crippen molar-refractivity contribution >= 4 is 34.0 Å². The molecule has 0 heterocycles. The van der Waals surface area contributed by atoms with Gasteiger partial charge in [0.25, 0.3) is 5.69 Å². The van der Waals surface area contributed by atoms with Crippen molar-refractivity contribution in [2.75, 3.05) is 38.3 Å². The molecule has 0 fully saturated rings. The summed E-state index contributed by atoms with van der Waals surface area (Å²) in [6.07, 6.45) is 0. The Morgan fingerprint density at radius 2 is 2.22 bits per heavy atom. The van der Waals surface area contributed by atoms with Crippen LogP contribution in [0, 0.1) is 13.7 Å². The molecule has 6 nitrogen and oxygen atoms in total. The Morgan fingerprint density at radius 1 is 1.50 bits per heavy atom. The zero-order chi connectivity index (χ0) is 13.5. The number of rotatable bonds is 7. The Morgan fingerprint density at radius 3 is 2.78 bits per heavy atom. The van der Waals surface area contributed by atoms with E-state index in [0.717, 1.165) is 3.57 Å². The summed E-state index contributed by atoms with van der Waals surface area (Å²) in [6, 6.07) is 5.03. The summed E-state index contributed by atoms with van der Waals surface area (Å²) in [5.74, 6) is 0. The van der Waals surface area contributed by atoms with E-state index in [1.165, 1.54) is 6.07 Å². The summed E-state index contributed by atoms with van der Waals surface area (Å²) in [4.78, 5) is 12.4. The van der Waals surface area contributed by atoms with E-state index in [9.17, 15) is 10.1 Å². The molecular formula is C11H15IN2O4. The summed E-state index contributed by atoms with van der Waals surface area (Å²) >= 11 is 2.03. The molecule has 0 aliphatic carbocycles. The first-order chi connectivity index (χ1) is 8.60. The molecule has 0 aliphatic heterocycles. The van der Waals surface area contributed by atoms with Gasteiger partial charge in [-0.1, -0.05) is 0 Å². The van der Waals surface area contributed by atoms with Gasteiger partial charge in [-0.05, 0) is 34.7 Å². The summed E-state index contributed by atoms with van der Waals surface area (Å²) in [5, 5.41) is 20.1. The van der Waals surface area contributed by atoms with Crippen molar-refractivity contribution in [1.29, 1.82) is 0 Å². The minimum Gasteiger partial charge on any atom is -0.395 e. The van der Waals surface area contributed by atoms with E-state index in [1.807, 2.05) is 22.6 Å². The fourth-order valence-electron chi connectivity index (χ4n) is 1.59. The van der Waals surface area contributed by atoms with Gasteiger partial charge in [0, 0.05) is 29.8 Å². The molecule has 100 valence electrons. The molecule has 1 aromatic carbocycles. The smallest absolute Gasteiger partial charge is 0.293 e. The van der Waals surface area contributed by atoms with Crippen LogP contribution in [0.1, 0.15) is 0 Å². The van der Waals surface area contributed by atoms with Gasteiger partial charge in [0.1, 0.15) is 5.69 Å². The lowest BCUT2D eigenvalue weighted by atomic mass is 10.2. The van der Waals surface area contributed by atoms with Gasteiger partial charge in [0.2, 0.25) is 0 Å². The lowest BCUT2D eigenvalue weighted by Crippen LogP contribution is -2.30. The molecule has 0 spiro atoms. The van der Waals surface area contributed by atoms with Crippen LogP contribution < -0.4 is 4.90 Å². The summed E-state index contributed by atoms with van der Waals surface area (Å²) < 4.78 is 5.77. The highest BCUT2D eigenvalue weighted by Gasteiger charge is 2.19. The number of aliphatic hydroxyl groups is 1. The number of methoxy groups -OCH3 is 1. The number of ether oxygens (including phenoxy) is 1. The summed E-state index contributed by atoms with van der Waals surface area (Å²) in [5.41, 5.74) is 0.554.